The normalized spacial score (nSPS) is 27.8. The van der Waals surface area contributed by atoms with Crippen LogP contribution in [0.25, 0.3) is 0 Å². The van der Waals surface area contributed by atoms with E-state index in [1.54, 1.807) is 0 Å². The smallest absolute Gasteiger partial charge is 0.143 e. The number of hydrogen-bond donors (Lipinski definition) is 1. The number of hydrogen-bond acceptors (Lipinski definition) is 2. The topological polar surface area (TPSA) is 20.2 Å². The molecular weight excluding hydrogens is 168 g/mol. The van der Waals surface area contributed by atoms with Gasteiger partial charge in [-0.25, -0.2) is 0 Å². The first-order chi connectivity index (χ1) is 5.81. The molecule has 0 saturated heterocycles. The van der Waals surface area contributed by atoms with Gasteiger partial charge in [0.2, 0.25) is 0 Å². The van der Waals surface area contributed by atoms with Crippen molar-refractivity contribution >= 4 is 11.8 Å². The molecule has 0 saturated carbocycles. The first-order valence-electron chi connectivity index (χ1n) is 3.92. The zero-order valence-electron chi connectivity index (χ0n) is 6.60. The highest BCUT2D eigenvalue weighted by Crippen LogP contribution is 2.42. The molecule has 2 heteroatoms. The molecule has 1 aliphatic rings. The van der Waals surface area contributed by atoms with Gasteiger partial charge in [0.05, 0.1) is 0 Å². The minimum absolute atomic E-state index is 0.707. The maximum Gasteiger partial charge on any atom is 0.143 e. The van der Waals surface area contributed by atoms with Crippen molar-refractivity contribution in [2.24, 2.45) is 0 Å². The van der Waals surface area contributed by atoms with Gasteiger partial charge in [-0.1, -0.05) is 48.2 Å². The van der Waals surface area contributed by atoms with Crippen LogP contribution < -0.4 is 0 Å². The van der Waals surface area contributed by atoms with Crippen LogP contribution in [0, 0.1) is 0 Å². The van der Waals surface area contributed by atoms with Crippen LogP contribution in [-0.4, -0.2) is 5.11 Å². The standard InChI is InChI=1S/C10H10OS/c11-10(7-4-8-12-10)9-5-2-1-3-6-9/h1-6,8,11H,7H2. The van der Waals surface area contributed by atoms with Gasteiger partial charge in [-0.3, -0.25) is 0 Å². The molecule has 1 heterocycles. The van der Waals surface area contributed by atoms with E-state index in [2.05, 4.69) is 0 Å². The van der Waals surface area contributed by atoms with E-state index in [9.17, 15) is 5.11 Å². The van der Waals surface area contributed by atoms with E-state index < -0.39 is 4.93 Å². The van der Waals surface area contributed by atoms with E-state index >= 15 is 0 Å². The van der Waals surface area contributed by atoms with Crippen LogP contribution in [0.4, 0.5) is 0 Å². The highest BCUT2D eigenvalue weighted by molar-refractivity contribution is 8.03. The van der Waals surface area contributed by atoms with E-state index in [0.29, 0.717) is 6.42 Å². The van der Waals surface area contributed by atoms with Crippen molar-refractivity contribution in [3.63, 3.8) is 0 Å². The third kappa shape index (κ3) is 1.28. The van der Waals surface area contributed by atoms with Gasteiger partial charge in [0.25, 0.3) is 0 Å². The molecule has 0 aromatic heterocycles. The predicted octanol–water partition coefficient (Wildman–Crippen LogP) is 2.48. The van der Waals surface area contributed by atoms with Crippen LogP contribution in [-0.2, 0) is 4.93 Å². The van der Waals surface area contributed by atoms with Crippen LogP contribution in [0.3, 0.4) is 0 Å². The van der Waals surface area contributed by atoms with E-state index in [1.807, 2.05) is 41.8 Å². The molecule has 2 rings (SSSR count). The van der Waals surface area contributed by atoms with Crippen molar-refractivity contribution in [2.45, 2.75) is 11.4 Å². The largest absolute Gasteiger partial charge is 0.375 e. The molecular formula is C10H10OS. The first-order valence-corrected chi connectivity index (χ1v) is 4.80. The van der Waals surface area contributed by atoms with Crippen molar-refractivity contribution < 1.29 is 5.11 Å². The lowest BCUT2D eigenvalue weighted by molar-refractivity contribution is 0.144. The first kappa shape index (κ1) is 7.90. The Labute approximate surface area is 76.1 Å². The number of thioether (sulfide) groups is 1. The summed E-state index contributed by atoms with van der Waals surface area (Å²) in [5.74, 6) is 0. The summed E-state index contributed by atoms with van der Waals surface area (Å²) in [6.45, 7) is 0. The molecule has 12 heavy (non-hydrogen) atoms. The van der Waals surface area contributed by atoms with Crippen molar-refractivity contribution in [1.82, 2.24) is 0 Å². The number of aliphatic hydroxyl groups is 1. The third-order valence-corrected chi connectivity index (χ3v) is 3.10. The lowest BCUT2D eigenvalue weighted by Crippen LogP contribution is -2.16. The van der Waals surface area contributed by atoms with Gasteiger partial charge >= 0.3 is 0 Å². The second-order valence-electron chi connectivity index (χ2n) is 2.84. The molecule has 0 spiro atoms. The lowest BCUT2D eigenvalue weighted by atomic mass is 10.1. The third-order valence-electron chi connectivity index (χ3n) is 1.98. The monoisotopic (exact) mass is 178 g/mol. The fourth-order valence-corrected chi connectivity index (χ4v) is 2.18. The molecule has 0 amide bonds. The van der Waals surface area contributed by atoms with Crippen LogP contribution in [0.1, 0.15) is 12.0 Å². The molecule has 1 aliphatic heterocycles. The van der Waals surface area contributed by atoms with E-state index in [1.165, 1.54) is 11.8 Å². The fourth-order valence-electron chi connectivity index (χ4n) is 1.30. The average molecular weight is 178 g/mol. The summed E-state index contributed by atoms with van der Waals surface area (Å²) in [4.78, 5) is -0.707. The van der Waals surface area contributed by atoms with E-state index in [0.717, 1.165) is 5.56 Å². The molecule has 62 valence electrons. The van der Waals surface area contributed by atoms with Crippen LogP contribution in [0.2, 0.25) is 0 Å². The summed E-state index contributed by atoms with van der Waals surface area (Å²) in [5.41, 5.74) is 0.986. The molecule has 1 aromatic rings. The van der Waals surface area contributed by atoms with Gasteiger partial charge in [-0.2, -0.15) is 0 Å². The van der Waals surface area contributed by atoms with Gasteiger partial charge in [0.15, 0.2) is 0 Å². The van der Waals surface area contributed by atoms with Crippen molar-refractivity contribution in [3.05, 3.63) is 47.4 Å². The molecule has 0 fully saturated rings. The molecule has 1 atom stereocenters. The Hall–Kier alpha value is -0.730. The van der Waals surface area contributed by atoms with Crippen LogP contribution in [0.15, 0.2) is 41.8 Å². The molecule has 1 N–H and O–H groups in total. The molecule has 0 radical (unpaired) electrons. The van der Waals surface area contributed by atoms with Crippen molar-refractivity contribution in [1.29, 1.82) is 0 Å². The molecule has 1 unspecified atom stereocenters. The zero-order chi connectivity index (χ0) is 8.44. The minimum atomic E-state index is -0.707. The highest BCUT2D eigenvalue weighted by Gasteiger charge is 2.30. The Bertz CT molecular complexity index is 284. The predicted molar refractivity (Wildman–Crippen MR) is 51.7 cm³/mol. The maximum absolute atomic E-state index is 10.1. The fraction of sp³-hybridized carbons (Fsp3) is 0.200. The molecule has 0 aliphatic carbocycles. The summed E-state index contributed by atoms with van der Waals surface area (Å²) in [5, 5.41) is 12.0. The quantitative estimate of drug-likeness (QED) is 0.713. The molecule has 1 nitrogen and oxygen atoms in total. The zero-order valence-corrected chi connectivity index (χ0v) is 7.42. The van der Waals surface area contributed by atoms with Crippen molar-refractivity contribution in [2.75, 3.05) is 0 Å². The van der Waals surface area contributed by atoms with Crippen LogP contribution >= 0.6 is 11.8 Å². The van der Waals surface area contributed by atoms with Gasteiger partial charge in [-0.15, -0.1) is 0 Å². The second-order valence-corrected chi connectivity index (χ2v) is 4.03. The lowest BCUT2D eigenvalue weighted by Gasteiger charge is -2.21. The SMILES string of the molecule is OC1(c2ccccc2)CC=CS1. The highest BCUT2D eigenvalue weighted by atomic mass is 32.2. The number of rotatable bonds is 1. The maximum atomic E-state index is 10.1. The Kier molecular flexibility index (Phi) is 1.95. The van der Waals surface area contributed by atoms with Gasteiger partial charge in [0.1, 0.15) is 4.93 Å². The Morgan fingerprint density at radius 2 is 2.00 bits per heavy atom. The Balaban J connectivity index is 2.31. The summed E-state index contributed by atoms with van der Waals surface area (Å²) in [6.07, 6.45) is 2.71. The number of benzene rings is 1. The molecule has 0 bridgehead atoms. The van der Waals surface area contributed by atoms with E-state index in [4.69, 9.17) is 0 Å². The minimum Gasteiger partial charge on any atom is -0.375 e. The van der Waals surface area contributed by atoms with E-state index in [-0.39, 0.29) is 0 Å². The van der Waals surface area contributed by atoms with Crippen LogP contribution in [0.5, 0.6) is 0 Å². The molecule has 1 aromatic carbocycles. The van der Waals surface area contributed by atoms with Crippen molar-refractivity contribution in [3.8, 4) is 0 Å². The van der Waals surface area contributed by atoms with Gasteiger partial charge in [0, 0.05) is 6.42 Å². The summed E-state index contributed by atoms with van der Waals surface area (Å²) >= 11 is 1.47. The Morgan fingerprint density at radius 3 is 2.58 bits per heavy atom. The summed E-state index contributed by atoms with van der Waals surface area (Å²) in [6, 6.07) is 9.78. The van der Waals surface area contributed by atoms with Gasteiger partial charge < -0.3 is 5.11 Å². The van der Waals surface area contributed by atoms with Gasteiger partial charge in [-0.05, 0) is 11.0 Å². The Morgan fingerprint density at radius 1 is 1.25 bits per heavy atom. The average Bonchev–Trinajstić information content (AvgIpc) is 2.55. The summed E-state index contributed by atoms with van der Waals surface area (Å²) in [7, 11) is 0. The summed E-state index contributed by atoms with van der Waals surface area (Å²) < 4.78 is 0. The second kappa shape index (κ2) is 2.96.